The van der Waals surface area contributed by atoms with E-state index in [9.17, 15) is 4.39 Å². The lowest BCUT2D eigenvalue weighted by Crippen LogP contribution is -2.12. The van der Waals surface area contributed by atoms with Gasteiger partial charge >= 0.3 is 0 Å². The Morgan fingerprint density at radius 3 is 2.36 bits per heavy atom. The minimum Gasteiger partial charge on any atom is -0.206 e. The van der Waals surface area contributed by atoms with Crippen molar-refractivity contribution in [2.45, 2.75) is 57.8 Å². The van der Waals surface area contributed by atoms with Gasteiger partial charge in [-0.2, -0.15) is 0 Å². The van der Waals surface area contributed by atoms with Crippen LogP contribution in [-0.2, 0) is 6.42 Å². The van der Waals surface area contributed by atoms with Gasteiger partial charge in [-0.25, -0.2) is 4.39 Å². The molecule has 1 heteroatoms. The highest BCUT2D eigenvalue weighted by molar-refractivity contribution is 5.65. The van der Waals surface area contributed by atoms with Gasteiger partial charge in [0.25, 0.3) is 0 Å². The van der Waals surface area contributed by atoms with Crippen LogP contribution in [0.25, 0.3) is 11.1 Å². The number of aryl methyl sites for hydroxylation is 1. The van der Waals surface area contributed by atoms with Gasteiger partial charge in [-0.1, -0.05) is 55.8 Å². The Morgan fingerprint density at radius 2 is 1.76 bits per heavy atom. The molecular weight excluding hydrogens is 307 g/mol. The summed E-state index contributed by atoms with van der Waals surface area (Å²) >= 11 is 0. The molecule has 1 aliphatic rings. The first-order chi connectivity index (χ1) is 12.2. The maximum Gasteiger partial charge on any atom is 0.131 e. The van der Waals surface area contributed by atoms with Crippen LogP contribution in [0.2, 0.25) is 0 Å². The van der Waals surface area contributed by atoms with E-state index < -0.39 is 0 Å². The maximum absolute atomic E-state index is 14.7. The first kappa shape index (κ1) is 17.9. The van der Waals surface area contributed by atoms with Crippen molar-refractivity contribution >= 4 is 0 Å². The van der Waals surface area contributed by atoms with Crippen LogP contribution in [0, 0.1) is 11.7 Å². The van der Waals surface area contributed by atoms with Gasteiger partial charge in [-0.15, -0.1) is 6.58 Å². The molecular formula is C24H29F. The molecule has 0 spiro atoms. The lowest BCUT2D eigenvalue weighted by atomic mass is 9.77. The predicted octanol–water partition coefficient (Wildman–Crippen LogP) is 7.30. The van der Waals surface area contributed by atoms with Crippen LogP contribution in [0.5, 0.6) is 0 Å². The Balaban J connectivity index is 1.72. The zero-order valence-corrected chi connectivity index (χ0v) is 15.3. The summed E-state index contributed by atoms with van der Waals surface area (Å²) in [5.74, 6) is 1.32. The first-order valence-corrected chi connectivity index (χ1v) is 9.71. The zero-order chi connectivity index (χ0) is 17.6. The molecule has 0 nitrogen and oxygen atoms in total. The van der Waals surface area contributed by atoms with E-state index >= 15 is 0 Å². The molecule has 0 amide bonds. The fourth-order valence-electron chi connectivity index (χ4n) is 4.04. The molecule has 0 atom stereocenters. The van der Waals surface area contributed by atoms with Crippen molar-refractivity contribution in [2.75, 3.05) is 0 Å². The summed E-state index contributed by atoms with van der Waals surface area (Å²) < 4.78 is 14.7. The Bertz CT molecular complexity index is 691. The van der Waals surface area contributed by atoms with Gasteiger partial charge in [0.15, 0.2) is 0 Å². The SMILES string of the molecule is C=CCCc1ccc(-c2ccc(C3CCC(CC)CC3)cc2F)cc1. The minimum absolute atomic E-state index is 0.0889. The van der Waals surface area contributed by atoms with Crippen molar-refractivity contribution in [1.82, 2.24) is 0 Å². The van der Waals surface area contributed by atoms with Crippen molar-refractivity contribution in [2.24, 2.45) is 5.92 Å². The third-order valence-electron chi connectivity index (χ3n) is 5.79. The van der Waals surface area contributed by atoms with E-state index in [1.165, 1.54) is 43.2 Å². The molecule has 0 aromatic heterocycles. The number of hydrogen-bond donors (Lipinski definition) is 0. The summed E-state index contributed by atoms with van der Waals surface area (Å²) in [6.45, 7) is 6.04. The molecule has 0 aliphatic heterocycles. The van der Waals surface area contributed by atoms with Crippen LogP contribution in [0.3, 0.4) is 0 Å². The number of hydrogen-bond acceptors (Lipinski definition) is 0. The Morgan fingerprint density at radius 1 is 1.04 bits per heavy atom. The number of allylic oxidation sites excluding steroid dienone is 1. The van der Waals surface area contributed by atoms with Gasteiger partial charge < -0.3 is 0 Å². The van der Waals surface area contributed by atoms with E-state index in [4.69, 9.17) is 0 Å². The van der Waals surface area contributed by atoms with E-state index in [0.717, 1.165) is 24.3 Å². The lowest BCUT2D eigenvalue weighted by molar-refractivity contribution is 0.318. The normalized spacial score (nSPS) is 20.4. The summed E-state index contributed by atoms with van der Waals surface area (Å²) in [7, 11) is 0. The molecule has 1 aliphatic carbocycles. The van der Waals surface area contributed by atoms with E-state index in [-0.39, 0.29) is 5.82 Å². The smallest absolute Gasteiger partial charge is 0.131 e. The van der Waals surface area contributed by atoms with Gasteiger partial charge in [0.2, 0.25) is 0 Å². The highest BCUT2D eigenvalue weighted by atomic mass is 19.1. The van der Waals surface area contributed by atoms with E-state index in [1.54, 1.807) is 6.07 Å². The second-order valence-corrected chi connectivity index (χ2v) is 7.39. The molecule has 132 valence electrons. The van der Waals surface area contributed by atoms with Gasteiger partial charge in [-0.3, -0.25) is 0 Å². The fourth-order valence-corrected chi connectivity index (χ4v) is 4.04. The maximum atomic E-state index is 14.7. The number of benzene rings is 2. The van der Waals surface area contributed by atoms with Crippen molar-refractivity contribution in [3.8, 4) is 11.1 Å². The molecule has 3 rings (SSSR count). The third-order valence-corrected chi connectivity index (χ3v) is 5.79. The highest BCUT2D eigenvalue weighted by Crippen LogP contribution is 2.38. The molecule has 0 saturated heterocycles. The van der Waals surface area contributed by atoms with Crippen LogP contribution >= 0.6 is 0 Å². The minimum atomic E-state index is -0.0889. The summed E-state index contributed by atoms with van der Waals surface area (Å²) in [4.78, 5) is 0. The molecule has 2 aromatic carbocycles. The van der Waals surface area contributed by atoms with Gasteiger partial charge in [0, 0.05) is 5.56 Å². The van der Waals surface area contributed by atoms with Crippen LogP contribution < -0.4 is 0 Å². The molecule has 0 radical (unpaired) electrons. The van der Waals surface area contributed by atoms with Crippen LogP contribution in [0.1, 0.15) is 62.5 Å². The molecule has 1 saturated carbocycles. The second-order valence-electron chi connectivity index (χ2n) is 7.39. The summed E-state index contributed by atoms with van der Waals surface area (Å²) in [6.07, 6.45) is 10.2. The number of rotatable bonds is 6. The van der Waals surface area contributed by atoms with Crippen LogP contribution in [-0.4, -0.2) is 0 Å². The van der Waals surface area contributed by atoms with E-state index in [1.807, 2.05) is 24.3 Å². The molecule has 1 fully saturated rings. The topological polar surface area (TPSA) is 0 Å². The Hall–Kier alpha value is -1.89. The van der Waals surface area contributed by atoms with E-state index in [0.29, 0.717) is 11.5 Å². The average molecular weight is 336 g/mol. The molecule has 0 unspecified atom stereocenters. The van der Waals surface area contributed by atoms with E-state index in [2.05, 4.69) is 31.7 Å². The van der Waals surface area contributed by atoms with Gasteiger partial charge in [-0.05, 0) is 73.1 Å². The summed E-state index contributed by atoms with van der Waals surface area (Å²) in [6, 6.07) is 14.1. The summed E-state index contributed by atoms with van der Waals surface area (Å²) in [5.41, 5.74) is 4.12. The van der Waals surface area contributed by atoms with Crippen molar-refractivity contribution in [3.05, 3.63) is 72.1 Å². The largest absolute Gasteiger partial charge is 0.206 e. The van der Waals surface area contributed by atoms with Crippen molar-refractivity contribution in [1.29, 1.82) is 0 Å². The number of halogens is 1. The molecule has 0 heterocycles. The van der Waals surface area contributed by atoms with Crippen LogP contribution in [0.4, 0.5) is 4.39 Å². The second kappa shape index (κ2) is 8.47. The standard InChI is InChI=1S/C24H29F/c1-3-5-6-19-9-13-21(14-10-19)23-16-15-22(17-24(23)25)20-11-7-18(4-2)8-12-20/h3,9-10,13-18,20H,1,4-8,11-12H2,2H3. The molecule has 0 bridgehead atoms. The fraction of sp³-hybridized carbons (Fsp3) is 0.417. The molecule has 0 N–H and O–H groups in total. The van der Waals surface area contributed by atoms with Crippen LogP contribution in [0.15, 0.2) is 55.1 Å². The first-order valence-electron chi connectivity index (χ1n) is 9.71. The average Bonchev–Trinajstić information content (AvgIpc) is 2.67. The molecule has 2 aromatic rings. The van der Waals surface area contributed by atoms with Crippen molar-refractivity contribution in [3.63, 3.8) is 0 Å². The Kier molecular flexibility index (Phi) is 6.07. The quantitative estimate of drug-likeness (QED) is 0.486. The van der Waals surface area contributed by atoms with Crippen molar-refractivity contribution < 1.29 is 4.39 Å². The predicted molar refractivity (Wildman–Crippen MR) is 105 cm³/mol. The third kappa shape index (κ3) is 4.39. The van der Waals surface area contributed by atoms with Gasteiger partial charge in [0.05, 0.1) is 0 Å². The Labute approximate surface area is 151 Å². The summed E-state index contributed by atoms with van der Waals surface area (Å²) in [5, 5.41) is 0. The zero-order valence-electron chi connectivity index (χ0n) is 15.3. The molecule has 25 heavy (non-hydrogen) atoms. The highest BCUT2D eigenvalue weighted by Gasteiger charge is 2.22. The van der Waals surface area contributed by atoms with Gasteiger partial charge in [0.1, 0.15) is 5.82 Å². The monoisotopic (exact) mass is 336 g/mol. The lowest BCUT2D eigenvalue weighted by Gasteiger charge is -2.28.